The monoisotopic (exact) mass is 499 g/mol. The van der Waals surface area contributed by atoms with Gasteiger partial charge in [-0.15, -0.1) is 0 Å². The molecule has 0 aliphatic rings. The zero-order valence-electron chi connectivity index (χ0n) is 19.2. The Morgan fingerprint density at radius 2 is 1.64 bits per heavy atom. The molecule has 0 amide bonds. The predicted octanol–water partition coefficient (Wildman–Crippen LogP) is 5.13. The number of anilines is 1. The van der Waals surface area contributed by atoms with E-state index < -0.39 is 21.6 Å². The molecular weight excluding hydrogens is 478 g/mol. The number of nitrogens with zero attached hydrogens (tertiary/aromatic N) is 1. The number of fused-ring (bicyclic) bond motifs is 3. The highest BCUT2D eigenvalue weighted by Gasteiger charge is 2.23. The molecule has 180 valence electrons. The second kappa shape index (κ2) is 9.31. The quantitative estimate of drug-likeness (QED) is 0.183. The summed E-state index contributed by atoms with van der Waals surface area (Å²) in [7, 11) is -2.45. The van der Waals surface area contributed by atoms with Crippen molar-refractivity contribution in [1.82, 2.24) is 0 Å². The lowest BCUT2D eigenvalue weighted by Crippen LogP contribution is -2.26. The lowest BCUT2D eigenvalue weighted by atomic mass is 10.0. The third-order valence-electron chi connectivity index (χ3n) is 5.92. The van der Waals surface area contributed by atoms with E-state index in [1.54, 1.807) is 36.4 Å². The Hall–Kier alpha value is -4.43. The Balaban J connectivity index is 1.43. The Bertz CT molecular complexity index is 1760. The number of rotatable bonds is 6. The minimum absolute atomic E-state index is 0.0416. The van der Waals surface area contributed by atoms with Crippen LogP contribution >= 0.6 is 0 Å². The fraction of sp³-hybridized carbons (Fsp3) is 0.0714. The number of esters is 1. The van der Waals surface area contributed by atoms with Crippen LogP contribution in [0.1, 0.15) is 15.9 Å². The number of sulfonamides is 1. The Labute approximate surface area is 207 Å². The first kappa shape index (κ1) is 23.3. The average molecular weight is 500 g/mol. The van der Waals surface area contributed by atoms with Crippen LogP contribution in [0.2, 0.25) is 0 Å². The summed E-state index contributed by atoms with van der Waals surface area (Å²) in [6.45, 7) is -0.185. The molecule has 5 rings (SSSR count). The van der Waals surface area contributed by atoms with Gasteiger partial charge >= 0.3 is 11.6 Å². The molecule has 0 saturated heterocycles. The van der Waals surface area contributed by atoms with Gasteiger partial charge in [-0.25, -0.2) is 18.0 Å². The second-order valence-corrected chi connectivity index (χ2v) is 10.1. The molecular formula is C28H21NO6S. The van der Waals surface area contributed by atoms with E-state index in [1.807, 2.05) is 30.3 Å². The van der Waals surface area contributed by atoms with Gasteiger partial charge in [-0.05, 0) is 47.2 Å². The molecule has 0 N–H and O–H groups in total. The van der Waals surface area contributed by atoms with Crippen LogP contribution in [0.4, 0.5) is 5.69 Å². The van der Waals surface area contributed by atoms with Gasteiger partial charge in [-0.1, -0.05) is 54.6 Å². The molecule has 5 aromatic rings. The van der Waals surface area contributed by atoms with Crippen molar-refractivity contribution in [3.8, 4) is 0 Å². The molecule has 8 heteroatoms. The van der Waals surface area contributed by atoms with Gasteiger partial charge in [0, 0.05) is 24.1 Å². The first-order valence-electron chi connectivity index (χ1n) is 11.1. The van der Waals surface area contributed by atoms with Crippen LogP contribution in [0, 0.1) is 0 Å². The van der Waals surface area contributed by atoms with Crippen molar-refractivity contribution >= 4 is 43.4 Å². The molecule has 7 nitrogen and oxygen atoms in total. The number of carbonyl (C=O) groups is 1. The zero-order valence-corrected chi connectivity index (χ0v) is 20.1. The number of ether oxygens (including phenoxy) is 1. The molecule has 4 aromatic carbocycles. The molecule has 0 radical (unpaired) electrons. The van der Waals surface area contributed by atoms with Gasteiger partial charge in [0.2, 0.25) is 0 Å². The van der Waals surface area contributed by atoms with Gasteiger partial charge in [-0.2, -0.15) is 0 Å². The summed E-state index contributed by atoms with van der Waals surface area (Å²) in [6, 6.07) is 26.8. The van der Waals surface area contributed by atoms with E-state index >= 15 is 0 Å². The minimum atomic E-state index is -3.90. The number of para-hydroxylation sites is 1. The van der Waals surface area contributed by atoms with Gasteiger partial charge in [0.1, 0.15) is 12.2 Å². The highest BCUT2D eigenvalue weighted by molar-refractivity contribution is 7.92. The van der Waals surface area contributed by atoms with Gasteiger partial charge in [-0.3, -0.25) is 4.31 Å². The molecule has 0 spiro atoms. The highest BCUT2D eigenvalue weighted by atomic mass is 32.2. The van der Waals surface area contributed by atoms with Crippen LogP contribution in [-0.4, -0.2) is 21.4 Å². The van der Waals surface area contributed by atoms with Crippen LogP contribution in [0.25, 0.3) is 21.7 Å². The van der Waals surface area contributed by atoms with E-state index in [4.69, 9.17) is 9.15 Å². The third kappa shape index (κ3) is 4.34. The molecule has 0 unspecified atom stereocenters. The summed E-state index contributed by atoms with van der Waals surface area (Å²) in [5.74, 6) is -0.712. The molecule has 0 aliphatic heterocycles. The first-order chi connectivity index (χ1) is 17.3. The molecule has 0 saturated carbocycles. The highest BCUT2D eigenvalue weighted by Crippen LogP contribution is 2.28. The number of carbonyl (C=O) groups excluding carboxylic acids is 1. The fourth-order valence-corrected chi connectivity index (χ4v) is 5.32. The van der Waals surface area contributed by atoms with Gasteiger partial charge in [0.25, 0.3) is 10.0 Å². The summed E-state index contributed by atoms with van der Waals surface area (Å²) in [5.41, 5.74) is 0.909. The average Bonchev–Trinajstić information content (AvgIpc) is 2.91. The van der Waals surface area contributed by atoms with Crippen molar-refractivity contribution in [1.29, 1.82) is 0 Å². The van der Waals surface area contributed by atoms with Crippen LogP contribution in [0.5, 0.6) is 0 Å². The molecule has 1 aromatic heterocycles. The summed E-state index contributed by atoms with van der Waals surface area (Å²) in [4.78, 5) is 25.0. The van der Waals surface area contributed by atoms with Crippen LogP contribution in [0.15, 0.2) is 111 Å². The second-order valence-electron chi connectivity index (χ2n) is 8.16. The molecule has 0 atom stereocenters. The Morgan fingerprint density at radius 1 is 0.889 bits per heavy atom. The van der Waals surface area contributed by atoms with Crippen LogP contribution in [0.3, 0.4) is 0 Å². The summed E-state index contributed by atoms with van der Waals surface area (Å²) < 4.78 is 38.3. The Kier molecular flexibility index (Phi) is 6.03. The van der Waals surface area contributed by atoms with Gasteiger partial charge < -0.3 is 9.15 Å². The molecule has 36 heavy (non-hydrogen) atoms. The SMILES string of the molecule is CN(c1ccccc1)S(=O)(=O)c1cccc(C(=O)OCc2cc(=O)oc3ccc4ccccc4c23)c1. The number of hydrogen-bond acceptors (Lipinski definition) is 6. The largest absolute Gasteiger partial charge is 0.457 e. The minimum Gasteiger partial charge on any atom is -0.457 e. The van der Waals surface area contributed by atoms with E-state index in [0.717, 1.165) is 15.1 Å². The topological polar surface area (TPSA) is 93.9 Å². The normalized spacial score (nSPS) is 11.5. The van der Waals surface area contributed by atoms with Crippen molar-refractivity contribution in [2.45, 2.75) is 11.5 Å². The molecule has 1 heterocycles. The standard InChI is InChI=1S/C28H21NO6S/c1-29(22-10-3-2-4-11-22)36(32,33)23-12-7-9-20(16-23)28(31)34-18-21-17-26(30)35-25-15-14-19-8-5-6-13-24(19)27(21)25/h2-17H,18H2,1H3. The number of hydrogen-bond donors (Lipinski definition) is 0. The summed E-state index contributed by atoms with van der Waals surface area (Å²) in [5, 5.41) is 2.50. The van der Waals surface area contributed by atoms with E-state index in [0.29, 0.717) is 22.2 Å². The van der Waals surface area contributed by atoms with Gasteiger partial charge in [0.15, 0.2) is 0 Å². The fourth-order valence-electron chi connectivity index (χ4n) is 4.08. The molecule has 0 bridgehead atoms. The van der Waals surface area contributed by atoms with E-state index in [-0.39, 0.29) is 17.1 Å². The third-order valence-corrected chi connectivity index (χ3v) is 7.70. The van der Waals surface area contributed by atoms with E-state index in [1.165, 1.54) is 37.4 Å². The van der Waals surface area contributed by atoms with Gasteiger partial charge in [0.05, 0.1) is 16.1 Å². The van der Waals surface area contributed by atoms with E-state index in [9.17, 15) is 18.0 Å². The molecule has 0 aliphatic carbocycles. The van der Waals surface area contributed by atoms with Crippen molar-refractivity contribution in [3.05, 3.63) is 119 Å². The van der Waals surface area contributed by atoms with Crippen molar-refractivity contribution in [3.63, 3.8) is 0 Å². The van der Waals surface area contributed by atoms with Crippen molar-refractivity contribution in [2.75, 3.05) is 11.4 Å². The smallest absolute Gasteiger partial charge is 0.338 e. The summed E-state index contributed by atoms with van der Waals surface area (Å²) in [6.07, 6.45) is 0. The maximum absolute atomic E-state index is 13.1. The maximum Gasteiger partial charge on any atom is 0.338 e. The first-order valence-corrected chi connectivity index (χ1v) is 12.5. The Morgan fingerprint density at radius 3 is 2.44 bits per heavy atom. The van der Waals surface area contributed by atoms with Crippen molar-refractivity contribution in [2.24, 2.45) is 0 Å². The zero-order chi connectivity index (χ0) is 25.3. The lowest BCUT2D eigenvalue weighted by Gasteiger charge is -2.19. The van der Waals surface area contributed by atoms with E-state index in [2.05, 4.69) is 0 Å². The summed E-state index contributed by atoms with van der Waals surface area (Å²) >= 11 is 0. The maximum atomic E-state index is 13.1. The number of benzene rings is 4. The molecule has 0 fully saturated rings. The lowest BCUT2D eigenvalue weighted by molar-refractivity contribution is 0.0473. The van der Waals surface area contributed by atoms with Crippen LogP contribution < -0.4 is 9.93 Å². The van der Waals surface area contributed by atoms with Crippen LogP contribution in [-0.2, 0) is 21.4 Å². The predicted molar refractivity (Wildman–Crippen MR) is 138 cm³/mol. The van der Waals surface area contributed by atoms with Crippen molar-refractivity contribution < 1.29 is 22.4 Å².